The first kappa shape index (κ1) is 4.28. The van der Waals surface area contributed by atoms with Crippen molar-refractivity contribution < 1.29 is 16.4 Å². The number of hydrogen-bond acceptors (Lipinski definition) is 2. The summed E-state index contributed by atoms with van der Waals surface area (Å²) in [6, 6.07) is 5.19. The highest BCUT2D eigenvalue weighted by Gasteiger charge is 2.00. The zero-order valence-electron chi connectivity index (χ0n) is 11.0. The predicted molar refractivity (Wildman–Crippen MR) is 47.8 cm³/mol. The average molecular weight is 190 g/mol. The van der Waals surface area contributed by atoms with Gasteiger partial charge in [0.1, 0.15) is 5.75 Å². The average Bonchev–Trinajstić information content (AvgIpc) is 2.16. The van der Waals surface area contributed by atoms with Crippen LogP contribution < -0.4 is 4.74 Å². The van der Waals surface area contributed by atoms with E-state index in [1.165, 1.54) is 24.3 Å². The Morgan fingerprint density at radius 3 is 2.83 bits per heavy atom. The Kier molecular flexibility index (Phi) is 1.47. The molecule has 0 saturated carbocycles. The van der Waals surface area contributed by atoms with E-state index >= 15 is 0 Å². The molecule has 64 valence electrons. The molecule has 2 nitrogen and oxygen atoms in total. The van der Waals surface area contributed by atoms with Gasteiger partial charge in [0, 0.05) is 9.68 Å². The molecule has 0 N–H and O–H groups in total. The smallest absolute Gasteiger partial charge is 0.252 e. The van der Waals surface area contributed by atoms with E-state index in [0.717, 1.165) is 0 Å². The third kappa shape index (κ3) is 2.24. The molecule has 0 radical (unpaired) electrons. The maximum Gasteiger partial charge on any atom is 0.252 e. The minimum absolute atomic E-state index is 0.00721. The minimum Gasteiger partial charge on any atom is -0.494 e. The van der Waals surface area contributed by atoms with E-state index in [1.807, 2.05) is 0 Å². The Morgan fingerprint density at radius 2 is 2.33 bits per heavy atom. The van der Waals surface area contributed by atoms with Crippen LogP contribution in [0.15, 0.2) is 24.3 Å². The lowest BCUT2D eigenvalue weighted by Crippen LogP contribution is -1.92. The maximum absolute atomic E-state index is 10.8. The number of rotatable bonds is 3. The Balaban J connectivity index is 2.86. The van der Waals surface area contributed by atoms with Crippen molar-refractivity contribution in [3.05, 3.63) is 29.8 Å². The van der Waals surface area contributed by atoms with Crippen LogP contribution >= 0.6 is 11.6 Å². The van der Waals surface area contributed by atoms with E-state index in [1.54, 1.807) is 0 Å². The van der Waals surface area contributed by atoms with Gasteiger partial charge in [0.2, 0.25) is 0 Å². The largest absolute Gasteiger partial charge is 0.494 e. The van der Waals surface area contributed by atoms with Crippen molar-refractivity contribution in [2.75, 3.05) is 6.56 Å². The summed E-state index contributed by atoms with van der Waals surface area (Å²) in [4.78, 5) is 10.8. The molecule has 0 aromatic heterocycles. The van der Waals surface area contributed by atoms with E-state index < -0.39 is 18.7 Å². The summed E-state index contributed by atoms with van der Waals surface area (Å²) in [7, 11) is 0. The molecule has 1 aromatic rings. The molecule has 0 aliphatic heterocycles. The summed E-state index contributed by atoms with van der Waals surface area (Å²) < 4.78 is 40.1. The van der Waals surface area contributed by atoms with E-state index in [2.05, 4.69) is 0 Å². The summed E-state index contributed by atoms with van der Waals surface area (Å²) in [6.07, 6.45) is 0. The number of carbonyl (C=O) groups excluding carboxylic acids is 1. The molecule has 0 amide bonds. The molecule has 0 aliphatic rings. The molecule has 0 aliphatic carbocycles. The zero-order chi connectivity index (χ0) is 13.3. The molecule has 0 atom stereocenters. The topological polar surface area (TPSA) is 26.3 Å². The molecule has 1 rings (SSSR count). The number of hydrogen-bond donors (Lipinski definition) is 0. The fourth-order valence-corrected chi connectivity index (χ4v) is 0.839. The summed E-state index contributed by atoms with van der Waals surface area (Å²) in [6.45, 7) is -5.69. The van der Waals surface area contributed by atoms with Crippen molar-refractivity contribution in [1.29, 1.82) is 0 Å². The molecule has 12 heavy (non-hydrogen) atoms. The molecule has 1 aromatic carbocycles. The lowest BCUT2D eigenvalue weighted by atomic mass is 10.2. The first-order valence-electron chi connectivity index (χ1n) is 5.62. The van der Waals surface area contributed by atoms with Crippen LogP contribution in [0.4, 0.5) is 0 Å². The summed E-state index contributed by atoms with van der Waals surface area (Å²) in [5, 5.41) is -0.657. The van der Waals surface area contributed by atoms with Crippen LogP contribution in [0.2, 0.25) is 0 Å². The predicted octanol–water partition coefficient (Wildman–Crippen LogP) is 2.46. The second-order valence-corrected chi connectivity index (χ2v) is 2.35. The van der Waals surface area contributed by atoms with Crippen LogP contribution in [0.25, 0.3) is 0 Å². The van der Waals surface area contributed by atoms with Gasteiger partial charge in [-0.2, -0.15) is 0 Å². The van der Waals surface area contributed by atoms with Crippen LogP contribution in [-0.2, 0) is 0 Å². The van der Waals surface area contributed by atoms with Crippen LogP contribution in [0.5, 0.6) is 5.75 Å². The number of ether oxygens (including phenoxy) is 1. The van der Waals surface area contributed by atoms with Gasteiger partial charge in [0.25, 0.3) is 5.24 Å². The lowest BCUT2D eigenvalue weighted by Gasteiger charge is -2.01. The van der Waals surface area contributed by atoms with Crippen molar-refractivity contribution >= 4 is 16.8 Å². The van der Waals surface area contributed by atoms with Crippen LogP contribution in [0.3, 0.4) is 0 Å². The second kappa shape index (κ2) is 4.12. The lowest BCUT2D eigenvalue weighted by molar-refractivity contribution is 0.108. The van der Waals surface area contributed by atoms with Gasteiger partial charge in [-0.05, 0) is 42.7 Å². The first-order chi connectivity index (χ1) is 7.63. The second-order valence-electron chi connectivity index (χ2n) is 2.00. The standard InChI is InChI=1S/C9H9ClO2/c1-2-12-8-5-3-7(4-6-8)9(10)11/h3-6H,2H2,1H3/i1D3,2D2. The molecule has 0 saturated heterocycles. The Morgan fingerprint density at radius 1 is 1.67 bits per heavy atom. The van der Waals surface area contributed by atoms with Crippen molar-refractivity contribution in [3.63, 3.8) is 0 Å². The van der Waals surface area contributed by atoms with Crippen LogP contribution in [-0.4, -0.2) is 11.8 Å². The molecule has 0 heterocycles. The summed E-state index contributed by atoms with van der Waals surface area (Å²) in [5.41, 5.74) is 0.216. The summed E-state index contributed by atoms with van der Waals surface area (Å²) in [5.74, 6) is 0.00721. The molecular weight excluding hydrogens is 176 g/mol. The van der Waals surface area contributed by atoms with Crippen molar-refractivity contribution in [2.24, 2.45) is 0 Å². The third-order valence-corrected chi connectivity index (χ3v) is 1.47. The molecule has 0 bridgehead atoms. The van der Waals surface area contributed by atoms with Gasteiger partial charge < -0.3 is 4.74 Å². The van der Waals surface area contributed by atoms with Gasteiger partial charge in [0.15, 0.2) is 0 Å². The third-order valence-electron chi connectivity index (χ3n) is 1.25. The highest BCUT2D eigenvalue weighted by molar-refractivity contribution is 6.67. The molecule has 0 unspecified atom stereocenters. The van der Waals surface area contributed by atoms with E-state index in [0.29, 0.717) is 0 Å². The first-order valence-corrected chi connectivity index (χ1v) is 3.50. The van der Waals surface area contributed by atoms with Crippen molar-refractivity contribution in [1.82, 2.24) is 0 Å². The fraction of sp³-hybridized carbons (Fsp3) is 0.222. The van der Waals surface area contributed by atoms with Crippen molar-refractivity contribution in [2.45, 2.75) is 6.85 Å². The fourth-order valence-electron chi connectivity index (χ4n) is 0.713. The SMILES string of the molecule is [2H]C([2H])([2H])C([2H])([2H])Oc1ccc(C(=O)Cl)cc1. The zero-order valence-corrected chi connectivity index (χ0v) is 6.76. The van der Waals surface area contributed by atoms with Crippen LogP contribution in [0.1, 0.15) is 24.1 Å². The Bertz CT molecular complexity index is 412. The van der Waals surface area contributed by atoms with Crippen LogP contribution in [0, 0.1) is 0 Å². The minimum atomic E-state index is -2.89. The number of benzene rings is 1. The van der Waals surface area contributed by atoms with Crippen molar-refractivity contribution in [3.8, 4) is 5.75 Å². The maximum atomic E-state index is 10.8. The van der Waals surface area contributed by atoms with Gasteiger partial charge in [0.05, 0.1) is 9.30 Å². The van der Waals surface area contributed by atoms with Gasteiger partial charge >= 0.3 is 0 Å². The molecule has 0 spiro atoms. The van der Waals surface area contributed by atoms with E-state index in [-0.39, 0.29) is 11.3 Å². The highest BCUT2D eigenvalue weighted by atomic mass is 35.5. The van der Waals surface area contributed by atoms with Gasteiger partial charge in [-0.25, -0.2) is 0 Å². The van der Waals surface area contributed by atoms with Gasteiger partial charge in [-0.1, -0.05) is 0 Å². The highest BCUT2D eigenvalue weighted by Crippen LogP contribution is 2.13. The summed E-state index contributed by atoms with van der Waals surface area (Å²) >= 11 is 5.22. The van der Waals surface area contributed by atoms with E-state index in [4.69, 9.17) is 23.2 Å². The quantitative estimate of drug-likeness (QED) is 0.683. The number of carbonyl (C=O) groups is 1. The monoisotopic (exact) mass is 189 g/mol. The van der Waals surface area contributed by atoms with Gasteiger partial charge in [-0.3, -0.25) is 4.79 Å². The molecular formula is C9H9ClO2. The Labute approximate surface area is 83.1 Å². The number of halogens is 1. The normalized spacial score (nSPS) is 17.9. The molecule has 3 heteroatoms. The van der Waals surface area contributed by atoms with E-state index in [9.17, 15) is 4.79 Å². The Hall–Kier alpha value is -1.02. The molecule has 0 fully saturated rings. The van der Waals surface area contributed by atoms with Gasteiger partial charge in [-0.15, -0.1) is 0 Å².